The molecule has 0 aliphatic heterocycles. The second kappa shape index (κ2) is 6.06. The van der Waals surface area contributed by atoms with Gasteiger partial charge in [0.25, 0.3) is 0 Å². The maximum atomic E-state index is 12.2. The monoisotopic (exact) mass is 284 g/mol. The number of rotatable bonds is 5. The first-order valence-corrected chi connectivity index (χ1v) is 7.68. The summed E-state index contributed by atoms with van der Waals surface area (Å²) in [5.41, 5.74) is 6.80. The maximum absolute atomic E-state index is 12.2. The molecule has 0 radical (unpaired) electrons. The zero-order valence-corrected chi connectivity index (χ0v) is 12.3. The number of aryl methyl sites for hydroxylation is 1. The van der Waals surface area contributed by atoms with Crippen LogP contribution in [0.4, 0.5) is 5.69 Å². The molecule has 0 aliphatic carbocycles. The molecule has 0 heterocycles. The van der Waals surface area contributed by atoms with Crippen LogP contribution in [0.3, 0.4) is 0 Å². The molecule has 5 nitrogen and oxygen atoms in total. The lowest BCUT2D eigenvalue weighted by molar-refractivity contribution is -0.128. The summed E-state index contributed by atoms with van der Waals surface area (Å²) in [5, 5.41) is 0. The zero-order chi connectivity index (χ0) is 14.6. The average Bonchev–Trinajstić information content (AvgIpc) is 2.31. The molecule has 1 rings (SSSR count). The largest absolute Gasteiger partial charge is 0.398 e. The standard InChI is InChI=1S/C13H20N2O3S/c1-10-6-7-11(14)12(9-10)19(17,18)8-4-5-13(16)15(2)3/h6-7,9H,4-5,8,14H2,1-3H3. The number of sulfone groups is 1. The smallest absolute Gasteiger partial charge is 0.222 e. The Labute approximate surface area is 114 Å². The molecule has 0 aromatic heterocycles. The van der Waals surface area contributed by atoms with Crippen LogP contribution < -0.4 is 5.73 Å². The van der Waals surface area contributed by atoms with Gasteiger partial charge in [-0.15, -0.1) is 0 Å². The molecule has 2 N–H and O–H groups in total. The number of hydrogen-bond donors (Lipinski definition) is 1. The van der Waals surface area contributed by atoms with Crippen LogP contribution in [0.25, 0.3) is 0 Å². The van der Waals surface area contributed by atoms with E-state index in [-0.39, 0.29) is 28.7 Å². The van der Waals surface area contributed by atoms with Gasteiger partial charge in [0, 0.05) is 20.5 Å². The molecular weight excluding hydrogens is 264 g/mol. The minimum atomic E-state index is -3.43. The van der Waals surface area contributed by atoms with Gasteiger partial charge >= 0.3 is 0 Å². The molecule has 0 unspecified atom stereocenters. The molecule has 19 heavy (non-hydrogen) atoms. The predicted molar refractivity (Wildman–Crippen MR) is 75.6 cm³/mol. The van der Waals surface area contributed by atoms with Crippen LogP contribution in [-0.4, -0.2) is 39.1 Å². The van der Waals surface area contributed by atoms with Crippen molar-refractivity contribution in [3.63, 3.8) is 0 Å². The van der Waals surface area contributed by atoms with Crippen molar-refractivity contribution in [3.8, 4) is 0 Å². The highest BCUT2D eigenvalue weighted by atomic mass is 32.2. The van der Waals surface area contributed by atoms with E-state index in [9.17, 15) is 13.2 Å². The summed E-state index contributed by atoms with van der Waals surface area (Å²) in [6, 6.07) is 4.93. The molecule has 0 fully saturated rings. The number of amides is 1. The average molecular weight is 284 g/mol. The summed E-state index contributed by atoms with van der Waals surface area (Å²) in [6.07, 6.45) is 0.519. The number of carbonyl (C=O) groups excluding carboxylic acids is 1. The second-order valence-electron chi connectivity index (χ2n) is 4.75. The number of nitrogens with two attached hydrogens (primary N) is 1. The normalized spacial score (nSPS) is 11.3. The molecule has 0 saturated carbocycles. The highest BCUT2D eigenvalue weighted by Crippen LogP contribution is 2.21. The lowest BCUT2D eigenvalue weighted by atomic mass is 10.2. The summed E-state index contributed by atoms with van der Waals surface area (Å²) >= 11 is 0. The Morgan fingerprint density at radius 1 is 1.32 bits per heavy atom. The van der Waals surface area contributed by atoms with E-state index >= 15 is 0 Å². The Balaban J connectivity index is 2.77. The minimum absolute atomic E-state index is 0.0692. The highest BCUT2D eigenvalue weighted by Gasteiger charge is 2.18. The van der Waals surface area contributed by atoms with E-state index in [0.29, 0.717) is 6.42 Å². The molecule has 0 aliphatic rings. The van der Waals surface area contributed by atoms with Crippen LogP contribution in [0, 0.1) is 6.92 Å². The maximum Gasteiger partial charge on any atom is 0.222 e. The summed E-state index contributed by atoms with van der Waals surface area (Å²) in [4.78, 5) is 13.0. The van der Waals surface area contributed by atoms with Crippen LogP contribution in [0.2, 0.25) is 0 Å². The van der Waals surface area contributed by atoms with Gasteiger partial charge in [0.2, 0.25) is 5.91 Å². The van der Waals surface area contributed by atoms with Crippen LogP contribution in [0.1, 0.15) is 18.4 Å². The third-order valence-corrected chi connectivity index (χ3v) is 4.66. The third-order valence-electron chi connectivity index (χ3n) is 2.81. The number of nitrogen functional groups attached to an aromatic ring is 1. The van der Waals surface area contributed by atoms with E-state index in [4.69, 9.17) is 5.73 Å². The fourth-order valence-electron chi connectivity index (χ4n) is 1.66. The number of anilines is 1. The first-order valence-electron chi connectivity index (χ1n) is 6.03. The minimum Gasteiger partial charge on any atom is -0.398 e. The lowest BCUT2D eigenvalue weighted by Gasteiger charge is -2.11. The van der Waals surface area contributed by atoms with E-state index in [0.717, 1.165) is 5.56 Å². The first kappa shape index (κ1) is 15.5. The van der Waals surface area contributed by atoms with Gasteiger partial charge in [-0.25, -0.2) is 8.42 Å². The van der Waals surface area contributed by atoms with Crippen molar-refractivity contribution in [1.82, 2.24) is 4.90 Å². The SMILES string of the molecule is Cc1ccc(N)c(S(=O)(=O)CCCC(=O)N(C)C)c1. The van der Waals surface area contributed by atoms with Gasteiger partial charge in [-0.2, -0.15) is 0 Å². The first-order chi connectivity index (χ1) is 8.74. The molecule has 1 aromatic carbocycles. The van der Waals surface area contributed by atoms with E-state index in [1.54, 1.807) is 32.3 Å². The van der Waals surface area contributed by atoms with Gasteiger partial charge in [0.05, 0.1) is 16.3 Å². The van der Waals surface area contributed by atoms with Gasteiger partial charge in [-0.3, -0.25) is 4.79 Å². The molecule has 0 spiro atoms. The Morgan fingerprint density at radius 2 is 1.95 bits per heavy atom. The van der Waals surface area contributed by atoms with Gasteiger partial charge in [0.1, 0.15) is 0 Å². The van der Waals surface area contributed by atoms with Gasteiger partial charge in [0.15, 0.2) is 9.84 Å². The van der Waals surface area contributed by atoms with Crippen LogP contribution in [-0.2, 0) is 14.6 Å². The van der Waals surface area contributed by atoms with E-state index in [1.165, 1.54) is 4.90 Å². The van der Waals surface area contributed by atoms with Crippen molar-refractivity contribution in [2.24, 2.45) is 0 Å². The van der Waals surface area contributed by atoms with E-state index in [2.05, 4.69) is 0 Å². The molecule has 106 valence electrons. The van der Waals surface area contributed by atoms with Crippen molar-refractivity contribution < 1.29 is 13.2 Å². The topological polar surface area (TPSA) is 80.5 Å². The van der Waals surface area contributed by atoms with E-state index < -0.39 is 9.84 Å². The molecule has 6 heteroatoms. The Morgan fingerprint density at radius 3 is 2.53 bits per heavy atom. The lowest BCUT2D eigenvalue weighted by Crippen LogP contribution is -2.22. The zero-order valence-electron chi connectivity index (χ0n) is 11.5. The third kappa shape index (κ3) is 4.24. The van der Waals surface area contributed by atoms with Crippen molar-refractivity contribution >= 4 is 21.4 Å². The van der Waals surface area contributed by atoms with Crippen LogP contribution in [0.15, 0.2) is 23.1 Å². The fraction of sp³-hybridized carbons (Fsp3) is 0.462. The number of benzene rings is 1. The molecule has 0 saturated heterocycles. The van der Waals surface area contributed by atoms with Crippen molar-refractivity contribution in [2.75, 3.05) is 25.6 Å². The van der Waals surface area contributed by atoms with Crippen molar-refractivity contribution in [2.45, 2.75) is 24.7 Å². The summed E-state index contributed by atoms with van der Waals surface area (Å²) in [5.74, 6) is -0.146. The highest BCUT2D eigenvalue weighted by molar-refractivity contribution is 7.91. The van der Waals surface area contributed by atoms with Crippen molar-refractivity contribution in [3.05, 3.63) is 23.8 Å². The Hall–Kier alpha value is -1.56. The Bertz CT molecular complexity index is 565. The van der Waals surface area contributed by atoms with Crippen LogP contribution >= 0.6 is 0 Å². The second-order valence-corrected chi connectivity index (χ2v) is 6.83. The summed E-state index contributed by atoms with van der Waals surface area (Å²) in [7, 11) is -0.134. The summed E-state index contributed by atoms with van der Waals surface area (Å²) < 4.78 is 24.3. The Kier molecular flexibility index (Phi) is 4.94. The number of hydrogen-bond acceptors (Lipinski definition) is 4. The van der Waals surface area contributed by atoms with Gasteiger partial charge in [-0.05, 0) is 31.0 Å². The van der Waals surface area contributed by atoms with Gasteiger partial charge < -0.3 is 10.6 Å². The van der Waals surface area contributed by atoms with Crippen molar-refractivity contribution in [1.29, 1.82) is 0 Å². The fourth-order valence-corrected chi connectivity index (χ4v) is 3.19. The molecule has 1 aromatic rings. The van der Waals surface area contributed by atoms with E-state index in [1.807, 2.05) is 6.92 Å². The molecular formula is C13H20N2O3S. The number of carbonyl (C=O) groups is 1. The molecule has 0 bridgehead atoms. The van der Waals surface area contributed by atoms with Crippen LogP contribution in [0.5, 0.6) is 0 Å². The predicted octanol–water partition coefficient (Wildman–Crippen LogP) is 1.22. The quantitative estimate of drug-likeness (QED) is 0.824. The van der Waals surface area contributed by atoms with Gasteiger partial charge in [-0.1, -0.05) is 6.07 Å². The number of nitrogens with zero attached hydrogens (tertiary/aromatic N) is 1. The molecule has 0 atom stereocenters. The molecule has 1 amide bonds. The summed E-state index contributed by atoms with van der Waals surface area (Å²) in [6.45, 7) is 1.81.